The highest BCUT2D eigenvalue weighted by molar-refractivity contribution is 6.33. The first kappa shape index (κ1) is 21.1. The summed E-state index contributed by atoms with van der Waals surface area (Å²) < 4.78 is 5.08. The van der Waals surface area contributed by atoms with Crippen LogP contribution in [-0.2, 0) is 0 Å². The molecule has 3 heterocycles. The van der Waals surface area contributed by atoms with Crippen LogP contribution in [0, 0.1) is 21.4 Å². The summed E-state index contributed by atoms with van der Waals surface area (Å²) in [4.78, 5) is 26.9. The van der Waals surface area contributed by atoms with E-state index in [1.54, 1.807) is 0 Å². The number of nitrogens with zero attached hydrogens (tertiary/aromatic N) is 7. The summed E-state index contributed by atoms with van der Waals surface area (Å²) in [5, 5.41) is 21.1. The van der Waals surface area contributed by atoms with Crippen LogP contribution in [0.5, 0.6) is 0 Å². The Morgan fingerprint density at radius 1 is 1.16 bits per heavy atom. The molecule has 2 aromatic heterocycles. The van der Waals surface area contributed by atoms with Crippen molar-refractivity contribution in [3.8, 4) is 6.07 Å². The van der Waals surface area contributed by atoms with Crippen molar-refractivity contribution in [2.24, 2.45) is 0 Å². The Bertz CT molecular complexity index is 1230. The number of para-hydroxylation sites is 1. The highest BCUT2D eigenvalue weighted by Gasteiger charge is 2.22. The van der Waals surface area contributed by atoms with Gasteiger partial charge in [-0.05, 0) is 18.2 Å². The number of halogens is 1. The number of piperazine rings is 1. The van der Waals surface area contributed by atoms with Gasteiger partial charge in [0.15, 0.2) is 5.82 Å². The van der Waals surface area contributed by atoms with Crippen molar-refractivity contribution in [2.45, 2.75) is 0 Å². The number of hydrogen-bond acceptors (Lipinski definition) is 10. The van der Waals surface area contributed by atoms with Crippen molar-refractivity contribution in [1.29, 1.82) is 5.26 Å². The first-order chi connectivity index (χ1) is 15.4. The Kier molecular flexibility index (Phi) is 5.87. The molecule has 1 aromatic carbocycles. The SMILES string of the molecule is N#C/C(=C\c1ccc([N+](=O)[O-])o1)c1nc(N)nc(N2CCN(c3ccccc3Cl)CC2)n1. The maximum absolute atomic E-state index is 10.8. The van der Waals surface area contributed by atoms with Gasteiger partial charge in [0.1, 0.15) is 22.3 Å². The number of nitrogens with two attached hydrogens (primary N) is 1. The quantitative estimate of drug-likeness (QED) is 0.347. The van der Waals surface area contributed by atoms with Crippen LogP contribution in [0.25, 0.3) is 11.6 Å². The second kappa shape index (κ2) is 8.91. The summed E-state index contributed by atoms with van der Waals surface area (Å²) in [7, 11) is 0. The number of furan rings is 1. The molecular weight excluding hydrogens is 436 g/mol. The molecule has 0 amide bonds. The van der Waals surface area contributed by atoms with E-state index in [1.165, 1.54) is 18.2 Å². The number of rotatable bonds is 5. The van der Waals surface area contributed by atoms with Gasteiger partial charge in [0.2, 0.25) is 11.9 Å². The van der Waals surface area contributed by atoms with Crippen LogP contribution < -0.4 is 15.5 Å². The minimum Gasteiger partial charge on any atom is -0.401 e. The molecule has 2 N–H and O–H groups in total. The molecule has 1 saturated heterocycles. The molecule has 0 saturated carbocycles. The third kappa shape index (κ3) is 4.45. The van der Waals surface area contributed by atoms with Crippen LogP contribution in [0.3, 0.4) is 0 Å². The highest BCUT2D eigenvalue weighted by Crippen LogP contribution is 2.27. The monoisotopic (exact) mass is 452 g/mol. The number of benzene rings is 1. The molecule has 0 unspecified atom stereocenters. The summed E-state index contributed by atoms with van der Waals surface area (Å²) in [5.74, 6) is 0.0634. The van der Waals surface area contributed by atoms with Crippen molar-refractivity contribution in [3.05, 3.63) is 63.1 Å². The molecular formula is C20H17ClN8O3. The first-order valence-electron chi connectivity index (χ1n) is 9.57. The molecule has 1 aliphatic heterocycles. The van der Waals surface area contributed by atoms with E-state index in [2.05, 4.69) is 19.9 Å². The first-order valence-corrected chi connectivity index (χ1v) is 9.95. The van der Waals surface area contributed by atoms with Crippen LogP contribution in [0.4, 0.5) is 23.5 Å². The smallest absolute Gasteiger partial charge is 0.401 e. The van der Waals surface area contributed by atoms with Crippen LogP contribution in [0.1, 0.15) is 11.6 Å². The normalized spacial score (nSPS) is 14.3. The number of hydrogen-bond donors (Lipinski definition) is 1. The van der Waals surface area contributed by atoms with Gasteiger partial charge < -0.3 is 20.0 Å². The van der Waals surface area contributed by atoms with E-state index in [-0.39, 0.29) is 23.1 Å². The Morgan fingerprint density at radius 2 is 1.88 bits per heavy atom. The molecule has 0 radical (unpaired) electrons. The third-order valence-corrected chi connectivity index (χ3v) is 5.16. The summed E-state index contributed by atoms with van der Waals surface area (Å²) >= 11 is 6.30. The second-order valence-corrected chi connectivity index (χ2v) is 7.25. The number of nitro groups is 1. The van der Waals surface area contributed by atoms with E-state index in [4.69, 9.17) is 21.8 Å². The lowest BCUT2D eigenvalue weighted by atomic mass is 10.2. The summed E-state index contributed by atoms with van der Waals surface area (Å²) in [6.07, 6.45) is 1.32. The van der Waals surface area contributed by atoms with E-state index in [9.17, 15) is 15.4 Å². The Balaban J connectivity index is 1.55. The van der Waals surface area contributed by atoms with Gasteiger partial charge >= 0.3 is 5.88 Å². The number of anilines is 3. The lowest BCUT2D eigenvalue weighted by Crippen LogP contribution is -2.47. The lowest BCUT2D eigenvalue weighted by molar-refractivity contribution is -0.402. The molecule has 11 nitrogen and oxygen atoms in total. The maximum atomic E-state index is 10.8. The molecule has 0 spiro atoms. The highest BCUT2D eigenvalue weighted by atomic mass is 35.5. The summed E-state index contributed by atoms with van der Waals surface area (Å²) in [5.41, 5.74) is 6.87. The van der Waals surface area contributed by atoms with Gasteiger partial charge in [-0.1, -0.05) is 23.7 Å². The standard InChI is InChI=1S/C20H17ClN8O3/c21-15-3-1-2-4-16(15)27-7-9-28(10-8-27)20-25-18(24-19(23)26-20)13(12-22)11-14-5-6-17(32-14)29(30)31/h1-6,11H,7-10H2,(H2,23,24,25,26)/b13-11+. The predicted molar refractivity (Wildman–Crippen MR) is 119 cm³/mol. The topological polar surface area (TPSA) is 151 Å². The largest absolute Gasteiger partial charge is 0.433 e. The van der Waals surface area contributed by atoms with Gasteiger partial charge in [-0.15, -0.1) is 0 Å². The van der Waals surface area contributed by atoms with Crippen molar-refractivity contribution in [3.63, 3.8) is 0 Å². The Labute approximate surface area is 187 Å². The predicted octanol–water partition coefficient (Wildman–Crippen LogP) is 3.00. The minimum atomic E-state index is -0.662. The van der Waals surface area contributed by atoms with Crippen molar-refractivity contribution >= 4 is 46.7 Å². The fourth-order valence-electron chi connectivity index (χ4n) is 3.31. The second-order valence-electron chi connectivity index (χ2n) is 6.85. The fraction of sp³-hybridized carbons (Fsp3) is 0.200. The lowest BCUT2D eigenvalue weighted by Gasteiger charge is -2.36. The number of nitrogen functional groups attached to an aromatic ring is 1. The van der Waals surface area contributed by atoms with E-state index < -0.39 is 10.8 Å². The number of nitriles is 1. The molecule has 0 atom stereocenters. The van der Waals surface area contributed by atoms with Crippen LogP contribution in [0.2, 0.25) is 5.02 Å². The molecule has 0 bridgehead atoms. The Morgan fingerprint density at radius 3 is 2.53 bits per heavy atom. The zero-order valence-corrected chi connectivity index (χ0v) is 17.4. The van der Waals surface area contributed by atoms with Crippen LogP contribution >= 0.6 is 11.6 Å². The zero-order valence-electron chi connectivity index (χ0n) is 16.7. The molecule has 0 aliphatic carbocycles. The average molecular weight is 453 g/mol. The third-order valence-electron chi connectivity index (χ3n) is 4.84. The van der Waals surface area contributed by atoms with E-state index >= 15 is 0 Å². The van der Waals surface area contributed by atoms with Crippen molar-refractivity contribution in [1.82, 2.24) is 15.0 Å². The van der Waals surface area contributed by atoms with Crippen LogP contribution in [-0.4, -0.2) is 46.1 Å². The van der Waals surface area contributed by atoms with Gasteiger partial charge in [0.25, 0.3) is 0 Å². The molecule has 1 fully saturated rings. The summed E-state index contributed by atoms with van der Waals surface area (Å²) in [6.45, 7) is 2.62. The minimum absolute atomic E-state index is 0.0369. The van der Waals surface area contributed by atoms with E-state index in [0.29, 0.717) is 37.1 Å². The van der Waals surface area contributed by atoms with Crippen LogP contribution in [0.15, 0.2) is 40.8 Å². The molecule has 12 heteroatoms. The van der Waals surface area contributed by atoms with Gasteiger partial charge in [-0.25, -0.2) is 0 Å². The van der Waals surface area contributed by atoms with E-state index in [1.807, 2.05) is 35.2 Å². The average Bonchev–Trinajstić information content (AvgIpc) is 3.27. The Hall–Kier alpha value is -4.17. The van der Waals surface area contributed by atoms with Gasteiger partial charge in [-0.3, -0.25) is 10.1 Å². The molecule has 4 rings (SSSR count). The summed E-state index contributed by atoms with van der Waals surface area (Å²) in [6, 6.07) is 12.2. The van der Waals surface area contributed by atoms with Gasteiger partial charge in [0, 0.05) is 32.3 Å². The van der Waals surface area contributed by atoms with Gasteiger partial charge in [0.05, 0.1) is 16.8 Å². The molecule has 162 valence electrons. The number of aromatic nitrogens is 3. The van der Waals surface area contributed by atoms with Crippen molar-refractivity contribution < 1.29 is 9.34 Å². The van der Waals surface area contributed by atoms with Gasteiger partial charge in [-0.2, -0.15) is 20.2 Å². The zero-order chi connectivity index (χ0) is 22.7. The number of allylic oxidation sites excluding steroid dienone is 1. The molecule has 32 heavy (non-hydrogen) atoms. The van der Waals surface area contributed by atoms with Crippen molar-refractivity contribution in [2.75, 3.05) is 41.7 Å². The molecule has 1 aliphatic rings. The maximum Gasteiger partial charge on any atom is 0.433 e. The van der Waals surface area contributed by atoms with E-state index in [0.717, 1.165) is 5.69 Å². The fourth-order valence-corrected chi connectivity index (χ4v) is 3.56. The molecule has 3 aromatic rings.